The van der Waals surface area contributed by atoms with Crippen LogP contribution in [0.1, 0.15) is 24.0 Å². The Hall–Kier alpha value is -0.820. The van der Waals surface area contributed by atoms with Crippen LogP contribution in [0.3, 0.4) is 0 Å². The number of aliphatic hydroxyl groups excluding tert-OH is 2. The molecule has 1 aliphatic heterocycles. The fraction of sp³-hybridized carbons (Fsp3) is 0.625. The molecule has 0 amide bonds. The predicted octanol–water partition coefficient (Wildman–Crippen LogP) is 2.92. The van der Waals surface area contributed by atoms with Crippen molar-refractivity contribution in [2.45, 2.75) is 37.8 Å². The molecule has 4 atom stereocenters. The van der Waals surface area contributed by atoms with Crippen LogP contribution in [0.15, 0.2) is 18.2 Å². The van der Waals surface area contributed by atoms with E-state index in [-0.39, 0.29) is 29.0 Å². The lowest BCUT2D eigenvalue weighted by molar-refractivity contribution is -0.138. The van der Waals surface area contributed by atoms with Gasteiger partial charge in [-0.1, -0.05) is 11.6 Å². The monoisotopic (exact) mass is 349 g/mol. The number of hydrogen-bond acceptors (Lipinski definition) is 3. The average Bonchev–Trinajstić information content (AvgIpc) is 2.79. The number of benzene rings is 1. The number of aliphatic hydroxyl groups is 2. The molecule has 0 bridgehead atoms. The van der Waals surface area contributed by atoms with Crippen molar-refractivity contribution in [3.05, 3.63) is 34.3 Å². The van der Waals surface area contributed by atoms with Crippen molar-refractivity contribution in [1.29, 1.82) is 0 Å². The minimum Gasteiger partial charge on any atom is -0.390 e. The van der Waals surface area contributed by atoms with Crippen LogP contribution in [0.4, 0.5) is 13.2 Å². The van der Waals surface area contributed by atoms with E-state index >= 15 is 0 Å². The molecule has 0 aromatic heterocycles. The SMILES string of the molecule is O[C@@H]1C[C@H]2CN(Cc3cc(Cl)ccc3C(F)(F)F)C[C@H]2C[C@@H]1O. The molecule has 1 aromatic carbocycles. The second-order valence-electron chi connectivity index (χ2n) is 6.62. The lowest BCUT2D eigenvalue weighted by atomic mass is 9.79. The van der Waals surface area contributed by atoms with Crippen molar-refractivity contribution in [1.82, 2.24) is 4.90 Å². The van der Waals surface area contributed by atoms with Crippen LogP contribution in [-0.4, -0.2) is 40.4 Å². The van der Waals surface area contributed by atoms with Gasteiger partial charge in [0.2, 0.25) is 0 Å². The summed E-state index contributed by atoms with van der Waals surface area (Å²) >= 11 is 5.86. The molecule has 2 fully saturated rings. The molecule has 1 aromatic rings. The van der Waals surface area contributed by atoms with E-state index in [0.717, 1.165) is 6.07 Å². The molecular weight excluding hydrogens is 331 g/mol. The zero-order valence-electron chi connectivity index (χ0n) is 12.4. The average molecular weight is 350 g/mol. The molecule has 23 heavy (non-hydrogen) atoms. The third kappa shape index (κ3) is 3.65. The summed E-state index contributed by atoms with van der Waals surface area (Å²) in [5, 5.41) is 19.8. The van der Waals surface area contributed by atoms with Gasteiger partial charge in [0.05, 0.1) is 17.8 Å². The van der Waals surface area contributed by atoms with Gasteiger partial charge in [-0.15, -0.1) is 0 Å². The van der Waals surface area contributed by atoms with E-state index in [1.165, 1.54) is 12.1 Å². The summed E-state index contributed by atoms with van der Waals surface area (Å²) in [6.45, 7) is 1.45. The molecular formula is C16H19ClF3NO2. The number of rotatable bonds is 2. The first-order valence-electron chi connectivity index (χ1n) is 7.68. The molecule has 1 saturated heterocycles. The molecule has 1 heterocycles. The van der Waals surface area contributed by atoms with Gasteiger partial charge >= 0.3 is 6.18 Å². The second kappa shape index (κ2) is 6.24. The molecule has 0 spiro atoms. The van der Waals surface area contributed by atoms with Gasteiger partial charge in [0.25, 0.3) is 0 Å². The number of nitrogens with zero attached hydrogens (tertiary/aromatic N) is 1. The molecule has 1 aliphatic carbocycles. The summed E-state index contributed by atoms with van der Waals surface area (Å²) in [5.74, 6) is 0.448. The Morgan fingerprint density at radius 1 is 1.09 bits per heavy atom. The summed E-state index contributed by atoms with van der Waals surface area (Å²) in [7, 11) is 0. The van der Waals surface area contributed by atoms with E-state index in [4.69, 9.17) is 11.6 Å². The third-order valence-electron chi connectivity index (χ3n) is 4.95. The maximum atomic E-state index is 13.1. The van der Waals surface area contributed by atoms with Crippen LogP contribution in [0.2, 0.25) is 5.02 Å². The zero-order valence-corrected chi connectivity index (χ0v) is 13.2. The molecule has 2 aliphatic rings. The van der Waals surface area contributed by atoms with Gasteiger partial charge in [0, 0.05) is 24.7 Å². The Labute approximate surface area is 137 Å². The van der Waals surface area contributed by atoms with E-state index in [9.17, 15) is 23.4 Å². The molecule has 2 N–H and O–H groups in total. The molecule has 3 nitrogen and oxygen atoms in total. The first-order chi connectivity index (χ1) is 10.7. The van der Waals surface area contributed by atoms with Gasteiger partial charge in [-0.3, -0.25) is 4.90 Å². The van der Waals surface area contributed by atoms with E-state index in [1.807, 2.05) is 4.90 Å². The van der Waals surface area contributed by atoms with Crippen LogP contribution >= 0.6 is 11.6 Å². The predicted molar refractivity (Wildman–Crippen MR) is 80.0 cm³/mol. The molecule has 128 valence electrons. The topological polar surface area (TPSA) is 43.7 Å². The molecule has 1 saturated carbocycles. The summed E-state index contributed by atoms with van der Waals surface area (Å²) < 4.78 is 39.4. The minimum atomic E-state index is -4.40. The van der Waals surface area contributed by atoms with Crippen LogP contribution < -0.4 is 0 Å². The van der Waals surface area contributed by atoms with Crippen LogP contribution in [0.25, 0.3) is 0 Å². The molecule has 7 heteroatoms. The highest BCUT2D eigenvalue weighted by molar-refractivity contribution is 6.30. The van der Waals surface area contributed by atoms with E-state index < -0.39 is 23.9 Å². The normalized spacial score (nSPS) is 32.1. The molecule has 0 radical (unpaired) electrons. The first-order valence-corrected chi connectivity index (χ1v) is 8.06. The van der Waals surface area contributed by atoms with Crippen molar-refractivity contribution in [3.8, 4) is 0 Å². The smallest absolute Gasteiger partial charge is 0.390 e. The highest BCUT2D eigenvalue weighted by Crippen LogP contribution is 2.39. The maximum Gasteiger partial charge on any atom is 0.416 e. The van der Waals surface area contributed by atoms with Crippen LogP contribution in [0.5, 0.6) is 0 Å². The Balaban J connectivity index is 1.75. The summed E-state index contributed by atoms with van der Waals surface area (Å²) in [4.78, 5) is 1.96. The number of likely N-dealkylation sites (tertiary alicyclic amines) is 1. The number of hydrogen-bond donors (Lipinski definition) is 2. The number of alkyl halides is 3. The van der Waals surface area contributed by atoms with E-state index in [1.54, 1.807) is 0 Å². The van der Waals surface area contributed by atoms with Gasteiger partial charge in [-0.2, -0.15) is 13.2 Å². The summed E-state index contributed by atoms with van der Waals surface area (Å²) in [5.41, 5.74) is -0.485. The van der Waals surface area contributed by atoms with Crippen LogP contribution in [-0.2, 0) is 12.7 Å². The third-order valence-corrected chi connectivity index (χ3v) is 5.19. The Bertz CT molecular complexity index is 563. The highest BCUT2D eigenvalue weighted by atomic mass is 35.5. The Morgan fingerprint density at radius 3 is 2.17 bits per heavy atom. The largest absolute Gasteiger partial charge is 0.416 e. The standard InChI is InChI=1S/C16H19ClF3NO2/c17-12-1-2-13(16(18,19)20)11(3-12)8-21-6-9-4-14(22)15(23)5-10(9)7-21/h1-3,9-10,14-15,22-23H,4-8H2/t9-,10+,14+,15-. The minimum absolute atomic E-state index is 0.171. The highest BCUT2D eigenvalue weighted by Gasteiger charge is 2.41. The fourth-order valence-electron chi connectivity index (χ4n) is 3.84. The molecule has 3 rings (SSSR count). The zero-order chi connectivity index (χ0) is 16.8. The van der Waals surface area contributed by atoms with E-state index in [2.05, 4.69) is 0 Å². The van der Waals surface area contributed by atoms with Crippen molar-refractivity contribution >= 4 is 11.6 Å². The van der Waals surface area contributed by atoms with Gasteiger partial charge in [0.1, 0.15) is 0 Å². The quantitative estimate of drug-likeness (QED) is 0.863. The van der Waals surface area contributed by atoms with Crippen molar-refractivity contribution in [2.24, 2.45) is 11.8 Å². The summed E-state index contributed by atoms with van der Waals surface area (Å²) in [6.07, 6.45) is -4.85. The maximum absolute atomic E-state index is 13.1. The van der Waals surface area contributed by atoms with Crippen LogP contribution in [0, 0.1) is 11.8 Å². The van der Waals surface area contributed by atoms with Crippen molar-refractivity contribution < 1.29 is 23.4 Å². The van der Waals surface area contributed by atoms with E-state index in [0.29, 0.717) is 25.9 Å². The van der Waals surface area contributed by atoms with Gasteiger partial charge in [-0.25, -0.2) is 0 Å². The van der Waals surface area contributed by atoms with Crippen molar-refractivity contribution in [2.75, 3.05) is 13.1 Å². The Morgan fingerprint density at radius 2 is 1.65 bits per heavy atom. The second-order valence-corrected chi connectivity index (χ2v) is 7.06. The lowest BCUT2D eigenvalue weighted by Gasteiger charge is -2.32. The number of halogens is 4. The summed E-state index contributed by atoms with van der Waals surface area (Å²) in [6, 6.07) is 3.65. The fourth-order valence-corrected chi connectivity index (χ4v) is 4.04. The molecule has 0 unspecified atom stereocenters. The Kier molecular flexibility index (Phi) is 4.62. The first kappa shape index (κ1) is 17.0. The number of fused-ring (bicyclic) bond motifs is 1. The van der Waals surface area contributed by atoms with Crippen molar-refractivity contribution in [3.63, 3.8) is 0 Å². The van der Waals surface area contributed by atoms with Gasteiger partial charge < -0.3 is 10.2 Å². The van der Waals surface area contributed by atoms with Gasteiger partial charge in [-0.05, 0) is 48.4 Å². The lowest BCUT2D eigenvalue weighted by Crippen LogP contribution is -2.38. The van der Waals surface area contributed by atoms with Gasteiger partial charge in [0.15, 0.2) is 0 Å².